The van der Waals surface area contributed by atoms with E-state index in [4.69, 9.17) is 5.73 Å². The number of carbonyl (C=O) groups is 1. The van der Waals surface area contributed by atoms with Crippen LogP contribution in [0.1, 0.15) is 55.8 Å². The average Bonchev–Trinajstić information content (AvgIpc) is 2.45. The van der Waals surface area contributed by atoms with Crippen molar-refractivity contribution in [3.63, 3.8) is 0 Å². The largest absolute Gasteiger partial charge is 0.399 e. The Morgan fingerprint density at radius 2 is 1.59 bits per heavy atom. The summed E-state index contributed by atoms with van der Waals surface area (Å²) < 4.78 is 0. The monoisotopic (exact) mass is 298 g/mol. The third kappa shape index (κ3) is 2.45. The van der Waals surface area contributed by atoms with Crippen molar-refractivity contribution in [1.29, 1.82) is 0 Å². The zero-order valence-electron chi connectivity index (χ0n) is 13.3. The van der Waals surface area contributed by atoms with Crippen molar-refractivity contribution in [2.24, 2.45) is 17.8 Å². The average molecular weight is 298 g/mol. The lowest BCUT2D eigenvalue weighted by molar-refractivity contribution is -0.0231. The van der Waals surface area contributed by atoms with E-state index in [0.717, 1.165) is 23.3 Å². The summed E-state index contributed by atoms with van der Waals surface area (Å²) in [5.41, 5.74) is 7.41. The van der Waals surface area contributed by atoms with Gasteiger partial charge < -0.3 is 11.1 Å². The lowest BCUT2D eigenvalue weighted by Gasteiger charge is -2.57. The Morgan fingerprint density at radius 3 is 2.09 bits per heavy atom. The second-order valence-electron chi connectivity index (χ2n) is 8.05. The van der Waals surface area contributed by atoms with Crippen LogP contribution in [0.15, 0.2) is 24.3 Å². The normalized spacial score (nSPS) is 37.2. The molecule has 1 aromatic carbocycles. The zero-order chi connectivity index (χ0) is 15.3. The Hall–Kier alpha value is -1.35. The SMILES string of the molecule is CC(NC12CC3CC(CC(C3)C1)C2)C(=O)c1ccc(N)cc1. The molecule has 22 heavy (non-hydrogen) atoms. The number of hydrogen-bond donors (Lipinski definition) is 2. The third-order valence-electron chi connectivity index (χ3n) is 6.15. The summed E-state index contributed by atoms with van der Waals surface area (Å²) in [5, 5.41) is 3.76. The van der Waals surface area contributed by atoms with Gasteiger partial charge in [0.15, 0.2) is 5.78 Å². The summed E-state index contributed by atoms with van der Waals surface area (Å²) in [7, 11) is 0. The van der Waals surface area contributed by atoms with Crippen molar-refractivity contribution in [3.8, 4) is 0 Å². The highest BCUT2D eigenvalue weighted by Crippen LogP contribution is 2.55. The number of hydrogen-bond acceptors (Lipinski definition) is 3. The highest BCUT2D eigenvalue weighted by atomic mass is 16.1. The van der Waals surface area contributed by atoms with Crippen LogP contribution in [0.2, 0.25) is 0 Å². The zero-order valence-corrected chi connectivity index (χ0v) is 13.3. The Balaban J connectivity index is 1.48. The summed E-state index contributed by atoms with van der Waals surface area (Å²) in [6, 6.07) is 7.19. The molecule has 4 saturated carbocycles. The van der Waals surface area contributed by atoms with E-state index in [1.54, 1.807) is 0 Å². The molecule has 4 bridgehead atoms. The second kappa shape index (κ2) is 5.09. The molecule has 1 aromatic rings. The van der Waals surface area contributed by atoms with Gasteiger partial charge in [-0.2, -0.15) is 0 Å². The molecule has 4 fully saturated rings. The van der Waals surface area contributed by atoms with Crippen LogP contribution in [-0.2, 0) is 0 Å². The van der Waals surface area contributed by atoms with Gasteiger partial charge in [-0.25, -0.2) is 0 Å². The molecule has 3 heteroatoms. The summed E-state index contributed by atoms with van der Waals surface area (Å²) >= 11 is 0. The van der Waals surface area contributed by atoms with Crippen LogP contribution in [-0.4, -0.2) is 17.4 Å². The van der Waals surface area contributed by atoms with E-state index >= 15 is 0 Å². The number of Topliss-reactive ketones (excluding diaryl/α,β-unsaturated/α-hetero) is 1. The van der Waals surface area contributed by atoms with E-state index in [0.29, 0.717) is 5.69 Å². The fourth-order valence-corrected chi connectivity index (χ4v) is 5.71. The first-order valence-corrected chi connectivity index (χ1v) is 8.70. The molecule has 0 heterocycles. The van der Waals surface area contributed by atoms with Gasteiger partial charge in [-0.1, -0.05) is 0 Å². The lowest BCUT2D eigenvalue weighted by atomic mass is 9.53. The van der Waals surface area contributed by atoms with Gasteiger partial charge in [-0.05, 0) is 87.5 Å². The third-order valence-corrected chi connectivity index (χ3v) is 6.15. The van der Waals surface area contributed by atoms with Gasteiger partial charge in [0.1, 0.15) is 0 Å². The number of rotatable bonds is 4. The highest BCUT2D eigenvalue weighted by Gasteiger charge is 2.51. The Bertz CT molecular complexity index is 542. The van der Waals surface area contributed by atoms with Crippen LogP contribution in [0, 0.1) is 17.8 Å². The van der Waals surface area contributed by atoms with Crippen molar-refractivity contribution in [2.75, 3.05) is 5.73 Å². The maximum Gasteiger partial charge on any atom is 0.179 e. The molecule has 1 unspecified atom stereocenters. The number of nitrogen functional groups attached to an aromatic ring is 1. The lowest BCUT2D eigenvalue weighted by Crippen LogP contribution is -2.61. The maximum atomic E-state index is 12.7. The molecule has 0 radical (unpaired) electrons. The first-order chi connectivity index (χ1) is 10.5. The first kappa shape index (κ1) is 14.3. The number of benzene rings is 1. The van der Waals surface area contributed by atoms with Crippen LogP contribution in [0.25, 0.3) is 0 Å². The molecule has 0 spiro atoms. The summed E-state index contributed by atoms with van der Waals surface area (Å²) in [4.78, 5) is 12.7. The predicted molar refractivity (Wildman–Crippen MR) is 88.7 cm³/mol. The summed E-state index contributed by atoms with van der Waals surface area (Å²) in [6.45, 7) is 2.03. The van der Waals surface area contributed by atoms with Crippen molar-refractivity contribution >= 4 is 11.5 Å². The number of nitrogens with two attached hydrogens (primary N) is 1. The van der Waals surface area contributed by atoms with Gasteiger partial charge in [0.2, 0.25) is 0 Å². The Morgan fingerprint density at radius 1 is 1.09 bits per heavy atom. The van der Waals surface area contributed by atoms with Crippen LogP contribution in [0.3, 0.4) is 0 Å². The minimum absolute atomic E-state index is 0.111. The first-order valence-electron chi connectivity index (χ1n) is 8.70. The van der Waals surface area contributed by atoms with E-state index in [2.05, 4.69) is 5.32 Å². The molecule has 0 aromatic heterocycles. The molecule has 0 saturated heterocycles. The van der Waals surface area contributed by atoms with E-state index in [1.165, 1.54) is 38.5 Å². The molecular formula is C19H26N2O. The van der Waals surface area contributed by atoms with Crippen LogP contribution < -0.4 is 11.1 Å². The van der Waals surface area contributed by atoms with Gasteiger partial charge in [0.25, 0.3) is 0 Å². The van der Waals surface area contributed by atoms with Crippen molar-refractivity contribution in [3.05, 3.63) is 29.8 Å². The number of anilines is 1. The number of nitrogens with one attached hydrogen (secondary N) is 1. The smallest absolute Gasteiger partial charge is 0.179 e. The van der Waals surface area contributed by atoms with Crippen molar-refractivity contribution < 1.29 is 4.79 Å². The summed E-state index contributed by atoms with van der Waals surface area (Å²) in [5.74, 6) is 2.89. The highest BCUT2D eigenvalue weighted by molar-refractivity contribution is 6.00. The minimum atomic E-state index is -0.111. The quantitative estimate of drug-likeness (QED) is 0.661. The fraction of sp³-hybridized carbons (Fsp3) is 0.632. The molecule has 4 aliphatic rings. The molecule has 118 valence electrons. The minimum Gasteiger partial charge on any atom is -0.399 e. The topological polar surface area (TPSA) is 55.1 Å². The van der Waals surface area contributed by atoms with Crippen LogP contribution in [0.4, 0.5) is 5.69 Å². The molecule has 1 atom stereocenters. The van der Waals surface area contributed by atoms with E-state index in [9.17, 15) is 4.79 Å². The Kier molecular flexibility index (Phi) is 3.30. The molecule has 4 aliphatic carbocycles. The molecule has 3 N–H and O–H groups in total. The molecular weight excluding hydrogens is 272 g/mol. The van der Waals surface area contributed by atoms with Gasteiger partial charge in [-0.3, -0.25) is 4.79 Å². The van der Waals surface area contributed by atoms with Gasteiger partial charge >= 0.3 is 0 Å². The maximum absolute atomic E-state index is 12.7. The van der Waals surface area contributed by atoms with Crippen LogP contribution in [0.5, 0.6) is 0 Å². The molecule has 5 rings (SSSR count). The van der Waals surface area contributed by atoms with E-state index in [-0.39, 0.29) is 17.4 Å². The number of ketones is 1. The van der Waals surface area contributed by atoms with Gasteiger partial charge in [-0.15, -0.1) is 0 Å². The molecule has 0 amide bonds. The van der Waals surface area contributed by atoms with E-state index in [1.807, 2.05) is 31.2 Å². The van der Waals surface area contributed by atoms with Gasteiger partial charge in [0.05, 0.1) is 6.04 Å². The van der Waals surface area contributed by atoms with Crippen molar-refractivity contribution in [1.82, 2.24) is 5.32 Å². The summed E-state index contributed by atoms with van der Waals surface area (Å²) in [6.07, 6.45) is 8.12. The standard InChI is InChI=1S/C19H26N2O/c1-12(18(22)16-2-4-17(20)5-3-16)21-19-9-13-6-14(10-19)8-15(7-13)11-19/h2-5,12-15,21H,6-11,20H2,1H3. The van der Waals surface area contributed by atoms with E-state index < -0.39 is 0 Å². The van der Waals surface area contributed by atoms with Crippen LogP contribution >= 0.6 is 0 Å². The van der Waals surface area contributed by atoms with Crippen molar-refractivity contribution in [2.45, 2.75) is 57.0 Å². The second-order valence-corrected chi connectivity index (χ2v) is 8.05. The predicted octanol–water partition coefficient (Wildman–Crippen LogP) is 3.40. The van der Waals surface area contributed by atoms with Gasteiger partial charge in [0, 0.05) is 16.8 Å². The molecule has 0 aliphatic heterocycles. The Labute approximate surface area is 132 Å². The number of carbonyl (C=O) groups excluding carboxylic acids is 1. The fourth-order valence-electron chi connectivity index (χ4n) is 5.71. The molecule has 3 nitrogen and oxygen atoms in total.